The van der Waals surface area contributed by atoms with Gasteiger partial charge in [-0.2, -0.15) is 0 Å². The fraction of sp³-hybridized carbons (Fsp3) is 0.0714. The molecule has 4 nitrogen and oxygen atoms in total. The van der Waals surface area contributed by atoms with Crippen molar-refractivity contribution in [3.8, 4) is 11.3 Å². The number of imidazole rings is 1. The van der Waals surface area contributed by atoms with Crippen molar-refractivity contribution in [2.24, 2.45) is 0 Å². The highest BCUT2D eigenvalue weighted by molar-refractivity contribution is 7.15. The van der Waals surface area contributed by atoms with Crippen LogP contribution in [0.25, 0.3) is 27.1 Å². The summed E-state index contributed by atoms with van der Waals surface area (Å²) in [5.41, 5.74) is 10.4. The lowest BCUT2D eigenvalue weighted by atomic mass is 10.1. The third-order valence-electron chi connectivity index (χ3n) is 3.38. The molecule has 0 saturated heterocycles. The van der Waals surface area contributed by atoms with Gasteiger partial charge in [-0.25, -0.2) is 4.98 Å². The molecule has 0 bridgehead atoms. The molecule has 0 aliphatic rings. The highest BCUT2D eigenvalue weighted by atomic mass is 32.1. The van der Waals surface area contributed by atoms with Gasteiger partial charge < -0.3 is 10.7 Å². The Morgan fingerprint density at radius 3 is 3.05 bits per heavy atom. The van der Waals surface area contributed by atoms with Gasteiger partial charge in [-0.15, -0.1) is 11.3 Å². The molecule has 5 heteroatoms. The number of para-hydroxylation sites is 1. The second kappa shape index (κ2) is 3.61. The summed E-state index contributed by atoms with van der Waals surface area (Å²) < 4.78 is 2.06. The van der Waals surface area contributed by atoms with Crippen LogP contribution in [0.5, 0.6) is 0 Å². The van der Waals surface area contributed by atoms with E-state index < -0.39 is 0 Å². The molecule has 0 amide bonds. The van der Waals surface area contributed by atoms with Crippen LogP contribution in [0, 0.1) is 6.92 Å². The Bertz CT molecular complexity index is 897. The van der Waals surface area contributed by atoms with Gasteiger partial charge >= 0.3 is 0 Å². The minimum atomic E-state index is 0.561. The number of rotatable bonds is 1. The van der Waals surface area contributed by atoms with E-state index >= 15 is 0 Å². The van der Waals surface area contributed by atoms with Crippen LogP contribution in [0.4, 0.5) is 5.82 Å². The number of aryl methyl sites for hydroxylation is 1. The van der Waals surface area contributed by atoms with Crippen LogP contribution in [0.1, 0.15) is 5.69 Å². The molecule has 0 aliphatic carbocycles. The van der Waals surface area contributed by atoms with Crippen LogP contribution < -0.4 is 5.73 Å². The van der Waals surface area contributed by atoms with Crippen molar-refractivity contribution < 1.29 is 0 Å². The van der Waals surface area contributed by atoms with Crippen LogP contribution in [-0.2, 0) is 0 Å². The van der Waals surface area contributed by atoms with E-state index in [0.29, 0.717) is 5.82 Å². The highest BCUT2D eigenvalue weighted by Gasteiger charge is 2.15. The van der Waals surface area contributed by atoms with Gasteiger partial charge in [-0.05, 0) is 13.0 Å². The average Bonchev–Trinajstić information content (AvgIpc) is 3.01. The third kappa shape index (κ3) is 1.42. The summed E-state index contributed by atoms with van der Waals surface area (Å²) in [6.45, 7) is 2.10. The Balaban J connectivity index is 2.11. The number of nitrogens with zero attached hydrogens (tertiary/aromatic N) is 2. The maximum Gasteiger partial charge on any atom is 0.196 e. The van der Waals surface area contributed by atoms with E-state index in [4.69, 9.17) is 5.73 Å². The fourth-order valence-electron chi connectivity index (χ4n) is 2.59. The zero-order chi connectivity index (χ0) is 13.0. The molecule has 3 N–H and O–H groups in total. The number of anilines is 1. The molecule has 19 heavy (non-hydrogen) atoms. The highest BCUT2D eigenvalue weighted by Crippen LogP contribution is 2.34. The fourth-order valence-corrected chi connectivity index (χ4v) is 3.46. The number of nitrogen functional groups attached to an aromatic ring is 1. The number of nitrogens with one attached hydrogen (secondary N) is 1. The van der Waals surface area contributed by atoms with Gasteiger partial charge in [0.05, 0.1) is 11.9 Å². The van der Waals surface area contributed by atoms with E-state index in [1.54, 1.807) is 11.3 Å². The van der Waals surface area contributed by atoms with E-state index in [2.05, 4.69) is 44.9 Å². The molecule has 0 aliphatic heterocycles. The van der Waals surface area contributed by atoms with E-state index in [9.17, 15) is 0 Å². The molecular formula is C14H12N4S. The SMILES string of the molecule is Cc1[nH]c2ccccc2c1-c1csc2nc(N)cn12. The largest absolute Gasteiger partial charge is 0.382 e. The summed E-state index contributed by atoms with van der Waals surface area (Å²) in [5.74, 6) is 0.561. The van der Waals surface area contributed by atoms with E-state index in [-0.39, 0.29) is 0 Å². The first kappa shape index (κ1) is 10.6. The summed E-state index contributed by atoms with van der Waals surface area (Å²) in [4.78, 5) is 8.66. The maximum atomic E-state index is 5.77. The van der Waals surface area contributed by atoms with E-state index in [0.717, 1.165) is 21.9 Å². The molecule has 0 fully saturated rings. The Morgan fingerprint density at radius 1 is 1.32 bits per heavy atom. The number of hydrogen-bond donors (Lipinski definition) is 2. The van der Waals surface area contributed by atoms with Gasteiger partial charge in [0.25, 0.3) is 0 Å². The van der Waals surface area contributed by atoms with Crippen molar-refractivity contribution in [3.63, 3.8) is 0 Å². The number of nitrogens with two attached hydrogens (primary N) is 1. The first-order valence-corrected chi connectivity index (χ1v) is 6.92. The van der Waals surface area contributed by atoms with Crippen LogP contribution in [0.2, 0.25) is 0 Å². The quantitative estimate of drug-likeness (QED) is 0.555. The monoisotopic (exact) mass is 268 g/mol. The third-order valence-corrected chi connectivity index (χ3v) is 4.22. The Hall–Kier alpha value is -2.27. The number of fused-ring (bicyclic) bond motifs is 2. The van der Waals surface area contributed by atoms with Crippen LogP contribution >= 0.6 is 11.3 Å². The second-order valence-corrected chi connectivity index (χ2v) is 5.45. The molecule has 0 radical (unpaired) electrons. The van der Waals surface area contributed by atoms with Gasteiger partial charge in [0.2, 0.25) is 0 Å². The zero-order valence-corrected chi connectivity index (χ0v) is 11.2. The molecule has 0 unspecified atom stereocenters. The molecule has 0 spiro atoms. The van der Waals surface area contributed by atoms with Gasteiger partial charge in [-0.3, -0.25) is 4.40 Å². The van der Waals surface area contributed by atoms with Crippen molar-refractivity contribution in [2.45, 2.75) is 6.92 Å². The lowest BCUT2D eigenvalue weighted by molar-refractivity contribution is 1.22. The van der Waals surface area contributed by atoms with Crippen molar-refractivity contribution in [1.29, 1.82) is 0 Å². The maximum absolute atomic E-state index is 5.77. The predicted molar refractivity (Wildman–Crippen MR) is 79.5 cm³/mol. The van der Waals surface area contributed by atoms with Gasteiger partial charge in [0, 0.05) is 27.5 Å². The van der Waals surface area contributed by atoms with Crippen LogP contribution in [0.15, 0.2) is 35.8 Å². The number of H-pyrrole nitrogens is 1. The number of aromatic amines is 1. The molecule has 0 atom stereocenters. The molecule has 94 valence electrons. The molecular weight excluding hydrogens is 256 g/mol. The van der Waals surface area contributed by atoms with E-state index in [1.807, 2.05) is 12.3 Å². The second-order valence-electron chi connectivity index (χ2n) is 4.61. The first-order chi connectivity index (χ1) is 9.24. The lowest BCUT2D eigenvalue weighted by Crippen LogP contribution is -1.86. The molecule has 3 heterocycles. The van der Waals surface area contributed by atoms with Crippen molar-refractivity contribution in [1.82, 2.24) is 14.4 Å². The van der Waals surface area contributed by atoms with Crippen molar-refractivity contribution in [2.75, 3.05) is 5.73 Å². The summed E-state index contributed by atoms with van der Waals surface area (Å²) >= 11 is 1.61. The van der Waals surface area contributed by atoms with Crippen LogP contribution in [-0.4, -0.2) is 14.4 Å². The molecule has 3 aromatic heterocycles. The summed E-state index contributed by atoms with van der Waals surface area (Å²) in [6.07, 6.45) is 1.88. The first-order valence-electron chi connectivity index (χ1n) is 6.04. The number of benzene rings is 1. The van der Waals surface area contributed by atoms with E-state index in [1.165, 1.54) is 10.9 Å². The van der Waals surface area contributed by atoms with Gasteiger partial charge in [-0.1, -0.05) is 18.2 Å². The Kier molecular flexibility index (Phi) is 2.02. The Labute approximate surface area is 113 Å². The lowest BCUT2D eigenvalue weighted by Gasteiger charge is -1.99. The molecule has 4 rings (SSSR count). The molecule has 4 aromatic rings. The van der Waals surface area contributed by atoms with Gasteiger partial charge in [0.1, 0.15) is 5.82 Å². The van der Waals surface area contributed by atoms with Crippen molar-refractivity contribution in [3.05, 3.63) is 41.5 Å². The normalized spacial score (nSPS) is 11.6. The summed E-state index contributed by atoms with van der Waals surface area (Å²) in [6, 6.07) is 8.33. The number of hydrogen-bond acceptors (Lipinski definition) is 3. The average molecular weight is 268 g/mol. The summed E-state index contributed by atoms with van der Waals surface area (Å²) in [5, 5.41) is 3.36. The topological polar surface area (TPSA) is 59.1 Å². The number of thiazole rings is 1. The van der Waals surface area contributed by atoms with Crippen LogP contribution in [0.3, 0.4) is 0 Å². The smallest absolute Gasteiger partial charge is 0.196 e. The molecule has 0 saturated carbocycles. The number of aromatic nitrogens is 3. The zero-order valence-electron chi connectivity index (χ0n) is 10.3. The predicted octanol–water partition coefficient (Wildman–Crippen LogP) is 3.43. The standard InChI is InChI=1S/C14H12N4S/c1-8-13(9-4-2-3-5-10(9)16-8)11-7-19-14-17-12(15)6-18(11)14/h2-7,16H,15H2,1H3. The summed E-state index contributed by atoms with van der Waals surface area (Å²) in [7, 11) is 0. The minimum absolute atomic E-state index is 0.561. The van der Waals surface area contributed by atoms with Crippen molar-refractivity contribution >= 4 is 33.0 Å². The Morgan fingerprint density at radius 2 is 2.16 bits per heavy atom. The van der Waals surface area contributed by atoms with Gasteiger partial charge in [0.15, 0.2) is 4.96 Å². The minimum Gasteiger partial charge on any atom is -0.382 e. The molecule has 1 aromatic carbocycles.